The Kier molecular flexibility index (Phi) is 9.86. The summed E-state index contributed by atoms with van der Waals surface area (Å²) in [6.45, 7) is 8.74. The summed E-state index contributed by atoms with van der Waals surface area (Å²) in [6.07, 6.45) is 5.58. The third-order valence-electron chi connectivity index (χ3n) is 5.33. The number of halogens is 1. The summed E-state index contributed by atoms with van der Waals surface area (Å²) in [4.78, 5) is 11.5. The molecule has 0 aliphatic carbocycles. The SMILES string of the molecule is CCNC(=NCc1ccc(CN2CCCCC2C)cc1)NCc1ncnn1C.I. The summed E-state index contributed by atoms with van der Waals surface area (Å²) in [5.41, 5.74) is 2.60. The Balaban J connectivity index is 0.00000300. The third-order valence-corrected chi connectivity index (χ3v) is 5.33. The molecule has 160 valence electrons. The van der Waals surface area contributed by atoms with Crippen LogP contribution in [0.1, 0.15) is 50.1 Å². The van der Waals surface area contributed by atoms with E-state index in [0.717, 1.165) is 24.9 Å². The standard InChI is InChI=1S/C21H33N7.HI/c1-4-22-21(24-14-20-25-16-26-27(20)3)23-13-18-8-10-19(11-9-18)15-28-12-6-5-7-17(28)2;/h8-11,16-17H,4-7,12-15H2,1-3H3,(H2,22,23,24);1H. The number of hydrogen-bond donors (Lipinski definition) is 2. The molecule has 1 fully saturated rings. The fourth-order valence-corrected chi connectivity index (χ4v) is 3.53. The molecule has 1 saturated heterocycles. The molecule has 2 aromatic rings. The highest BCUT2D eigenvalue weighted by atomic mass is 127. The number of piperidine rings is 1. The Morgan fingerprint density at radius 2 is 1.93 bits per heavy atom. The highest BCUT2D eigenvalue weighted by molar-refractivity contribution is 14.0. The van der Waals surface area contributed by atoms with Crippen molar-refractivity contribution in [3.63, 3.8) is 0 Å². The van der Waals surface area contributed by atoms with Crippen molar-refractivity contribution in [1.29, 1.82) is 0 Å². The Hall–Kier alpha value is -1.68. The molecule has 7 nitrogen and oxygen atoms in total. The van der Waals surface area contributed by atoms with Crippen molar-refractivity contribution in [1.82, 2.24) is 30.3 Å². The minimum atomic E-state index is 0. The van der Waals surface area contributed by atoms with Gasteiger partial charge in [-0.25, -0.2) is 9.98 Å². The van der Waals surface area contributed by atoms with Crippen LogP contribution in [-0.2, 0) is 26.7 Å². The summed E-state index contributed by atoms with van der Waals surface area (Å²) >= 11 is 0. The predicted octanol–water partition coefficient (Wildman–Crippen LogP) is 3.06. The van der Waals surface area contributed by atoms with E-state index < -0.39 is 0 Å². The molecule has 1 unspecified atom stereocenters. The number of guanidine groups is 1. The number of aryl methyl sites for hydroxylation is 1. The zero-order valence-electron chi connectivity index (χ0n) is 17.8. The van der Waals surface area contributed by atoms with Gasteiger partial charge < -0.3 is 10.6 Å². The first-order valence-corrected chi connectivity index (χ1v) is 10.3. The zero-order valence-corrected chi connectivity index (χ0v) is 20.1. The van der Waals surface area contributed by atoms with Gasteiger partial charge in [-0.05, 0) is 44.4 Å². The van der Waals surface area contributed by atoms with E-state index in [1.54, 1.807) is 11.0 Å². The highest BCUT2D eigenvalue weighted by Gasteiger charge is 2.17. The van der Waals surface area contributed by atoms with Gasteiger partial charge in [-0.2, -0.15) is 5.10 Å². The molecule has 0 amide bonds. The summed E-state index contributed by atoms with van der Waals surface area (Å²) < 4.78 is 1.76. The van der Waals surface area contributed by atoms with Crippen LogP contribution in [0.4, 0.5) is 0 Å². The van der Waals surface area contributed by atoms with Crippen LogP contribution in [0.15, 0.2) is 35.6 Å². The molecular formula is C21H34IN7. The van der Waals surface area contributed by atoms with Gasteiger partial charge >= 0.3 is 0 Å². The topological polar surface area (TPSA) is 70.4 Å². The lowest BCUT2D eigenvalue weighted by atomic mass is 10.0. The molecule has 0 radical (unpaired) electrons. The monoisotopic (exact) mass is 511 g/mol. The van der Waals surface area contributed by atoms with Crippen molar-refractivity contribution >= 4 is 29.9 Å². The molecule has 0 saturated carbocycles. The first kappa shape index (κ1) is 23.6. The Morgan fingerprint density at radius 1 is 1.17 bits per heavy atom. The van der Waals surface area contributed by atoms with Crippen LogP contribution in [0.2, 0.25) is 0 Å². The molecule has 2 N–H and O–H groups in total. The van der Waals surface area contributed by atoms with Gasteiger partial charge in [0.15, 0.2) is 5.96 Å². The maximum atomic E-state index is 4.70. The number of hydrogen-bond acceptors (Lipinski definition) is 4. The largest absolute Gasteiger partial charge is 0.357 e. The molecule has 8 heteroatoms. The lowest BCUT2D eigenvalue weighted by molar-refractivity contribution is 0.152. The van der Waals surface area contributed by atoms with Crippen molar-refractivity contribution < 1.29 is 0 Å². The average molecular weight is 511 g/mol. The predicted molar refractivity (Wildman–Crippen MR) is 128 cm³/mol. The third kappa shape index (κ3) is 7.26. The Bertz CT molecular complexity index is 757. The average Bonchev–Trinajstić information content (AvgIpc) is 3.12. The number of nitrogens with one attached hydrogen (secondary N) is 2. The number of aliphatic imine (C=N–C) groups is 1. The van der Waals surface area contributed by atoms with E-state index in [-0.39, 0.29) is 24.0 Å². The normalized spacial score (nSPS) is 17.6. The Morgan fingerprint density at radius 3 is 2.59 bits per heavy atom. The molecule has 29 heavy (non-hydrogen) atoms. The molecule has 1 aliphatic heterocycles. The first-order chi connectivity index (χ1) is 13.7. The lowest BCUT2D eigenvalue weighted by Crippen LogP contribution is -2.37. The van der Waals surface area contributed by atoms with E-state index in [1.165, 1.54) is 36.9 Å². The van der Waals surface area contributed by atoms with E-state index >= 15 is 0 Å². The van der Waals surface area contributed by atoms with E-state index in [1.807, 2.05) is 7.05 Å². The second-order valence-corrected chi connectivity index (χ2v) is 7.48. The molecule has 0 spiro atoms. The van der Waals surface area contributed by atoms with Crippen molar-refractivity contribution in [3.8, 4) is 0 Å². The van der Waals surface area contributed by atoms with E-state index in [4.69, 9.17) is 4.99 Å². The van der Waals surface area contributed by atoms with Crippen molar-refractivity contribution in [3.05, 3.63) is 47.5 Å². The van der Waals surface area contributed by atoms with Gasteiger partial charge in [0, 0.05) is 26.2 Å². The zero-order chi connectivity index (χ0) is 19.8. The van der Waals surface area contributed by atoms with Crippen LogP contribution < -0.4 is 10.6 Å². The fourth-order valence-electron chi connectivity index (χ4n) is 3.53. The van der Waals surface area contributed by atoms with Gasteiger partial charge in [0.05, 0.1) is 13.1 Å². The summed E-state index contributed by atoms with van der Waals surface area (Å²) in [5.74, 6) is 1.67. The molecular weight excluding hydrogens is 477 g/mol. The van der Waals surface area contributed by atoms with E-state index in [9.17, 15) is 0 Å². The minimum Gasteiger partial charge on any atom is -0.357 e. The molecule has 0 bridgehead atoms. The molecule has 1 aromatic carbocycles. The highest BCUT2D eigenvalue weighted by Crippen LogP contribution is 2.19. The maximum Gasteiger partial charge on any atom is 0.191 e. The van der Waals surface area contributed by atoms with Gasteiger partial charge in [-0.1, -0.05) is 30.7 Å². The number of nitrogens with zero attached hydrogens (tertiary/aromatic N) is 5. The maximum absolute atomic E-state index is 4.70. The molecule has 3 rings (SSSR count). The summed E-state index contributed by atoms with van der Waals surface area (Å²) in [7, 11) is 1.89. The quantitative estimate of drug-likeness (QED) is 0.340. The summed E-state index contributed by atoms with van der Waals surface area (Å²) in [6, 6.07) is 9.57. The van der Waals surface area contributed by atoms with Gasteiger partial charge in [0.2, 0.25) is 0 Å². The first-order valence-electron chi connectivity index (χ1n) is 10.3. The number of aromatic nitrogens is 3. The smallest absolute Gasteiger partial charge is 0.191 e. The van der Waals surface area contributed by atoms with Crippen LogP contribution in [0.3, 0.4) is 0 Å². The van der Waals surface area contributed by atoms with Gasteiger partial charge in [0.1, 0.15) is 12.2 Å². The van der Waals surface area contributed by atoms with Crippen LogP contribution in [-0.4, -0.2) is 44.8 Å². The van der Waals surface area contributed by atoms with Crippen LogP contribution in [0.5, 0.6) is 0 Å². The van der Waals surface area contributed by atoms with E-state index in [2.05, 4.69) is 63.7 Å². The minimum absolute atomic E-state index is 0. The van der Waals surface area contributed by atoms with Crippen LogP contribution >= 0.6 is 24.0 Å². The second-order valence-electron chi connectivity index (χ2n) is 7.48. The van der Waals surface area contributed by atoms with Gasteiger partial charge in [-0.3, -0.25) is 9.58 Å². The summed E-state index contributed by atoms with van der Waals surface area (Å²) in [5, 5.41) is 10.7. The second kappa shape index (κ2) is 12.1. The van der Waals surface area contributed by atoms with Crippen molar-refractivity contribution in [2.45, 2.75) is 58.8 Å². The van der Waals surface area contributed by atoms with E-state index in [0.29, 0.717) is 19.1 Å². The fraction of sp³-hybridized carbons (Fsp3) is 0.571. The van der Waals surface area contributed by atoms with Crippen molar-refractivity contribution in [2.24, 2.45) is 12.0 Å². The molecule has 1 atom stereocenters. The lowest BCUT2D eigenvalue weighted by Gasteiger charge is -2.33. The number of likely N-dealkylation sites (tertiary alicyclic amines) is 1. The van der Waals surface area contributed by atoms with Crippen molar-refractivity contribution in [2.75, 3.05) is 13.1 Å². The number of benzene rings is 1. The van der Waals surface area contributed by atoms with Gasteiger partial charge in [-0.15, -0.1) is 24.0 Å². The molecule has 2 heterocycles. The van der Waals surface area contributed by atoms with Gasteiger partial charge in [0.25, 0.3) is 0 Å². The molecule has 1 aliphatic rings. The molecule has 1 aromatic heterocycles. The Labute approximate surface area is 191 Å². The van der Waals surface area contributed by atoms with Crippen LogP contribution in [0, 0.1) is 0 Å². The van der Waals surface area contributed by atoms with Crippen LogP contribution in [0.25, 0.3) is 0 Å². The number of rotatable bonds is 7.